The van der Waals surface area contributed by atoms with Gasteiger partial charge in [-0.1, -0.05) is 47.3 Å². The van der Waals surface area contributed by atoms with Gasteiger partial charge in [-0.3, -0.25) is 0 Å². The molecule has 0 aliphatic heterocycles. The maximum absolute atomic E-state index is 6.35. The van der Waals surface area contributed by atoms with E-state index in [9.17, 15) is 0 Å². The van der Waals surface area contributed by atoms with Gasteiger partial charge in [0.2, 0.25) is 0 Å². The highest BCUT2D eigenvalue weighted by Gasteiger charge is 2.17. The quantitative estimate of drug-likeness (QED) is 0.401. The fraction of sp³-hybridized carbons (Fsp3) is 0. The zero-order valence-corrected chi connectivity index (χ0v) is 20.2. The number of benzene rings is 5. The minimum Gasteiger partial charge on any atom is -0.456 e. The third kappa shape index (κ3) is 3.29. The van der Waals surface area contributed by atoms with E-state index in [1.54, 1.807) is 0 Å². The van der Waals surface area contributed by atoms with Gasteiger partial charge in [-0.05, 0) is 53.6 Å². The summed E-state index contributed by atoms with van der Waals surface area (Å²) in [6.07, 6.45) is 0. The summed E-state index contributed by atoms with van der Waals surface area (Å²) in [5.74, 6) is 0. The number of hydrogen-bond acceptors (Lipinski definition) is 3. The van der Waals surface area contributed by atoms with Crippen LogP contribution in [-0.4, -0.2) is 39.2 Å². The molecule has 0 aliphatic rings. The van der Waals surface area contributed by atoms with Crippen molar-refractivity contribution < 1.29 is 8.83 Å². The van der Waals surface area contributed by atoms with E-state index in [1.165, 1.54) is 0 Å². The largest absolute Gasteiger partial charge is 0.456 e. The molecule has 2 heterocycles. The number of anilines is 2. The van der Waals surface area contributed by atoms with Gasteiger partial charge >= 0.3 is 0 Å². The van der Waals surface area contributed by atoms with E-state index in [2.05, 4.69) is 11.4 Å². The van der Waals surface area contributed by atoms with E-state index in [4.69, 9.17) is 48.1 Å². The molecule has 0 saturated heterocycles. The molecule has 166 valence electrons. The van der Waals surface area contributed by atoms with Crippen molar-refractivity contribution in [1.29, 1.82) is 0 Å². The van der Waals surface area contributed by atoms with E-state index in [1.807, 2.05) is 72.8 Å². The maximum atomic E-state index is 6.35. The molecule has 0 bridgehead atoms. The number of rotatable bonds is 3. The first-order chi connectivity index (χ1) is 18.4. The van der Waals surface area contributed by atoms with Gasteiger partial charge in [-0.2, -0.15) is 0 Å². The highest BCUT2D eigenvalue weighted by molar-refractivity contribution is 6.68. The molecule has 0 atom stereocenters. The van der Waals surface area contributed by atoms with Crippen LogP contribution in [0.4, 0.5) is 11.4 Å². The Balaban J connectivity index is 1.45. The van der Waals surface area contributed by atoms with E-state index in [0.29, 0.717) is 16.5 Å². The Morgan fingerprint density at radius 3 is 1.66 bits per heavy atom. The van der Waals surface area contributed by atoms with Crippen molar-refractivity contribution in [3.63, 3.8) is 0 Å². The van der Waals surface area contributed by atoms with Crippen LogP contribution in [0.25, 0.3) is 55.0 Å². The predicted molar refractivity (Wildman–Crippen MR) is 163 cm³/mol. The fourth-order valence-electron chi connectivity index (χ4n) is 5.27. The van der Waals surface area contributed by atoms with Crippen LogP contribution in [0.3, 0.4) is 0 Å². The zero-order chi connectivity index (χ0) is 26.1. The molecule has 38 heavy (non-hydrogen) atoms. The summed E-state index contributed by atoms with van der Waals surface area (Å²) in [7, 11) is 31.0. The monoisotopic (exact) mass is 475 g/mol. The molecule has 0 spiro atoms. The summed E-state index contributed by atoms with van der Waals surface area (Å²) in [6, 6.07) is 25.7. The first-order valence-corrected chi connectivity index (χ1v) is 12.1. The zero-order valence-electron chi connectivity index (χ0n) is 20.2. The van der Waals surface area contributed by atoms with Gasteiger partial charge in [0.25, 0.3) is 0 Å². The average Bonchev–Trinajstić information content (AvgIpc) is 3.50. The molecule has 3 nitrogen and oxygen atoms in total. The minimum atomic E-state index is 0.186. The normalized spacial score (nSPS) is 11.7. The van der Waals surface area contributed by atoms with Crippen LogP contribution >= 0.6 is 0 Å². The van der Waals surface area contributed by atoms with Crippen LogP contribution in [0, 0.1) is 0 Å². The molecular weight excluding hydrogens is 460 g/mol. The molecular formula is C30H14B5NO2. The summed E-state index contributed by atoms with van der Waals surface area (Å²) >= 11 is 0. The Morgan fingerprint density at radius 2 is 1.00 bits per heavy atom. The van der Waals surface area contributed by atoms with E-state index in [-0.39, 0.29) is 16.4 Å². The van der Waals surface area contributed by atoms with Crippen molar-refractivity contribution >= 4 is 122 Å². The second kappa shape index (κ2) is 8.42. The van der Waals surface area contributed by atoms with Crippen molar-refractivity contribution in [1.82, 2.24) is 0 Å². The molecule has 2 aromatic heterocycles. The van der Waals surface area contributed by atoms with Gasteiger partial charge in [0.15, 0.2) is 0 Å². The molecule has 0 saturated carbocycles. The molecule has 8 heteroatoms. The molecule has 7 aromatic rings. The lowest BCUT2D eigenvalue weighted by Crippen LogP contribution is -2.55. The summed E-state index contributed by atoms with van der Waals surface area (Å²) in [5, 5.41) is 7.49. The Hall–Kier alpha value is -4.18. The molecule has 1 N–H and O–H groups in total. The van der Waals surface area contributed by atoms with E-state index >= 15 is 0 Å². The Morgan fingerprint density at radius 1 is 0.474 bits per heavy atom. The van der Waals surface area contributed by atoms with Crippen molar-refractivity contribution in [2.75, 3.05) is 5.32 Å². The second-order valence-electron chi connectivity index (χ2n) is 9.34. The van der Waals surface area contributed by atoms with Gasteiger partial charge in [0.1, 0.15) is 61.6 Å². The lowest BCUT2D eigenvalue weighted by Gasteiger charge is -2.21. The molecule has 7 rings (SSSR count). The number of furan rings is 2. The topological polar surface area (TPSA) is 38.3 Å². The van der Waals surface area contributed by atoms with E-state index < -0.39 is 0 Å². The predicted octanol–water partition coefficient (Wildman–Crippen LogP) is 2.87. The number of para-hydroxylation sites is 1. The SMILES string of the molecule is [B]c1c([B])c([B])c(-c2ccc3oc4cccc(Nc5cccc6oc7ccccc7c56)c4c3c2)c([B])c1[B]. The van der Waals surface area contributed by atoms with Crippen LogP contribution < -0.4 is 32.6 Å². The van der Waals surface area contributed by atoms with Crippen LogP contribution in [0.1, 0.15) is 0 Å². The van der Waals surface area contributed by atoms with Crippen LogP contribution in [0.15, 0.2) is 87.7 Å². The standard InChI is InChI=1S/C30H14B5NO2/c31-26-23(27(32)29(34)30(35)28(26)33)14-11-12-20-16(13-14)25-18(7-4-10-22(25)38-20)36-17-6-3-9-21-24(17)15-5-1-2-8-19(15)37-21/h1-13,36H. The molecule has 0 unspecified atom stereocenters. The fourth-order valence-corrected chi connectivity index (χ4v) is 5.27. The maximum Gasteiger partial charge on any atom is 0.137 e. The van der Waals surface area contributed by atoms with Crippen LogP contribution in [0.5, 0.6) is 0 Å². The van der Waals surface area contributed by atoms with Crippen molar-refractivity contribution in [3.05, 3.63) is 78.9 Å². The number of fused-ring (bicyclic) bond motifs is 6. The molecule has 0 aliphatic carbocycles. The summed E-state index contributed by atoms with van der Waals surface area (Å²) < 4.78 is 12.3. The molecule has 0 amide bonds. The van der Waals surface area contributed by atoms with Gasteiger partial charge in [-0.15, -0.1) is 16.4 Å². The average molecular weight is 475 g/mol. The first kappa shape index (κ1) is 23.0. The van der Waals surface area contributed by atoms with Gasteiger partial charge in [0, 0.05) is 10.8 Å². The van der Waals surface area contributed by atoms with Crippen molar-refractivity contribution in [2.24, 2.45) is 0 Å². The highest BCUT2D eigenvalue weighted by Crippen LogP contribution is 2.40. The van der Waals surface area contributed by atoms with Gasteiger partial charge in [0.05, 0.1) is 22.1 Å². The summed E-state index contributed by atoms with van der Waals surface area (Å²) in [4.78, 5) is 0. The summed E-state index contributed by atoms with van der Waals surface area (Å²) in [5.41, 5.74) is 7.42. The molecule has 0 fully saturated rings. The van der Waals surface area contributed by atoms with E-state index in [0.717, 1.165) is 60.8 Å². The Labute approximate surface area is 225 Å². The lowest BCUT2D eigenvalue weighted by molar-refractivity contribution is 0.669. The van der Waals surface area contributed by atoms with Crippen LogP contribution in [0.2, 0.25) is 0 Å². The number of nitrogens with one attached hydrogen (secondary N) is 1. The minimum absolute atomic E-state index is 0.186. The smallest absolute Gasteiger partial charge is 0.137 e. The summed E-state index contributed by atoms with van der Waals surface area (Å²) in [6.45, 7) is 0. The Bertz CT molecular complexity index is 2050. The molecule has 5 aromatic carbocycles. The van der Waals surface area contributed by atoms with Gasteiger partial charge in [-0.25, -0.2) is 0 Å². The first-order valence-electron chi connectivity index (χ1n) is 12.1. The third-order valence-electron chi connectivity index (χ3n) is 7.15. The Kier molecular flexibility index (Phi) is 5.09. The highest BCUT2D eigenvalue weighted by atomic mass is 16.3. The van der Waals surface area contributed by atoms with Crippen molar-refractivity contribution in [3.8, 4) is 11.1 Å². The third-order valence-corrected chi connectivity index (χ3v) is 7.15. The number of hydrogen-bond donors (Lipinski definition) is 1. The van der Waals surface area contributed by atoms with Gasteiger partial charge < -0.3 is 14.2 Å². The van der Waals surface area contributed by atoms with Crippen LogP contribution in [-0.2, 0) is 0 Å². The van der Waals surface area contributed by atoms with Crippen molar-refractivity contribution in [2.45, 2.75) is 0 Å². The molecule has 10 radical (unpaired) electrons. The lowest BCUT2D eigenvalue weighted by atomic mass is 9.59. The second-order valence-corrected chi connectivity index (χ2v) is 9.34.